The van der Waals surface area contributed by atoms with Crippen molar-refractivity contribution < 1.29 is 9.90 Å². The van der Waals surface area contributed by atoms with Crippen molar-refractivity contribution >= 4 is 63.6 Å². The van der Waals surface area contributed by atoms with Crippen LogP contribution in [0.3, 0.4) is 0 Å². The van der Waals surface area contributed by atoms with Crippen LogP contribution in [-0.2, 0) is 4.79 Å². The van der Waals surface area contributed by atoms with Crippen LogP contribution in [-0.4, -0.2) is 33.2 Å². The van der Waals surface area contributed by atoms with Gasteiger partial charge in [0.2, 0.25) is 5.95 Å². The Hall–Kier alpha value is -4.05. The van der Waals surface area contributed by atoms with E-state index in [1.54, 1.807) is 17.5 Å². The first-order valence-corrected chi connectivity index (χ1v) is 10.6. The van der Waals surface area contributed by atoms with E-state index in [2.05, 4.69) is 48.9 Å². The monoisotopic (exact) mass is 451 g/mol. The zero-order valence-electron chi connectivity index (χ0n) is 18.0. The molecule has 0 spiro atoms. The molecule has 0 bridgehead atoms. The largest absolute Gasteiger partial charge is 0.483 e. The number of aryl methyl sites for hydroxylation is 1. The third kappa shape index (κ3) is 7.03. The summed E-state index contributed by atoms with van der Waals surface area (Å²) >= 11 is 1.68. The van der Waals surface area contributed by atoms with Gasteiger partial charge in [-0.05, 0) is 49.4 Å². The number of hydrogen-bond acceptors (Lipinski definition) is 9. The van der Waals surface area contributed by atoms with Gasteiger partial charge in [-0.25, -0.2) is 9.97 Å². The maximum absolute atomic E-state index is 8.36. The number of anilines is 5. The first-order chi connectivity index (χ1) is 15.6. The van der Waals surface area contributed by atoms with Gasteiger partial charge in [0.25, 0.3) is 6.47 Å². The summed E-state index contributed by atoms with van der Waals surface area (Å²) in [6, 6.07) is 15.6. The molecule has 0 unspecified atom stereocenters. The molecule has 9 nitrogen and oxygen atoms in total. The Bertz CT molecular complexity index is 1160. The van der Waals surface area contributed by atoms with Gasteiger partial charge >= 0.3 is 0 Å². The van der Waals surface area contributed by atoms with Crippen molar-refractivity contribution in [3.63, 3.8) is 0 Å². The van der Waals surface area contributed by atoms with Gasteiger partial charge in [-0.3, -0.25) is 10.2 Å². The minimum absolute atomic E-state index is 0.250. The number of benzene rings is 2. The second-order valence-corrected chi connectivity index (χ2v) is 7.12. The van der Waals surface area contributed by atoms with Gasteiger partial charge in [0.15, 0.2) is 0 Å². The van der Waals surface area contributed by atoms with Crippen molar-refractivity contribution in [3.05, 3.63) is 59.7 Å². The highest BCUT2D eigenvalue weighted by Crippen LogP contribution is 2.26. The van der Waals surface area contributed by atoms with Crippen LogP contribution in [0.15, 0.2) is 59.8 Å². The lowest BCUT2D eigenvalue weighted by atomic mass is 10.3. The first-order valence-electron chi connectivity index (χ1n) is 9.75. The molecule has 0 saturated heterocycles. The lowest BCUT2D eigenvalue weighted by molar-refractivity contribution is -0.122. The number of rotatable bonds is 6. The van der Waals surface area contributed by atoms with E-state index in [9.17, 15) is 0 Å². The number of aromatic nitrogens is 3. The van der Waals surface area contributed by atoms with Gasteiger partial charge in [-0.2, -0.15) is 10.1 Å². The van der Waals surface area contributed by atoms with Gasteiger partial charge in [0.05, 0.1) is 20.9 Å². The summed E-state index contributed by atoms with van der Waals surface area (Å²) < 4.78 is 1.16. The second-order valence-electron chi connectivity index (χ2n) is 5.89. The molecule has 2 aromatic heterocycles. The van der Waals surface area contributed by atoms with Crippen LogP contribution in [0, 0.1) is 6.92 Å². The molecule has 4 N–H and O–H groups in total. The highest BCUT2D eigenvalue weighted by atomic mass is 32.1. The van der Waals surface area contributed by atoms with Gasteiger partial charge in [-0.15, -0.1) is 11.3 Å². The Morgan fingerprint density at radius 3 is 2.50 bits per heavy atom. The third-order valence-corrected chi connectivity index (χ3v) is 4.70. The summed E-state index contributed by atoms with van der Waals surface area (Å²) in [7, 11) is 0. The van der Waals surface area contributed by atoms with E-state index in [-0.39, 0.29) is 6.47 Å². The number of carboxylic acid groups (broad SMARTS) is 1. The van der Waals surface area contributed by atoms with Crippen LogP contribution in [0.5, 0.6) is 0 Å². The van der Waals surface area contributed by atoms with Crippen LogP contribution >= 0.6 is 11.3 Å². The predicted octanol–water partition coefficient (Wildman–Crippen LogP) is 5.64. The maximum atomic E-state index is 8.36. The molecule has 0 aliphatic rings. The SMILES string of the molecule is C=NNc1cccc(Nc2ccnc(Nc3ccc4sc(C)nc4c3)n2)c1.CC.O=CO. The molecule has 4 rings (SSSR count). The van der Waals surface area contributed by atoms with Crippen molar-refractivity contribution in [2.24, 2.45) is 5.10 Å². The third-order valence-electron chi connectivity index (χ3n) is 3.75. The fourth-order valence-electron chi connectivity index (χ4n) is 2.64. The van der Waals surface area contributed by atoms with Crippen molar-refractivity contribution in [3.8, 4) is 0 Å². The molecular weight excluding hydrogens is 426 g/mol. The second kappa shape index (κ2) is 12.6. The molecule has 0 atom stereocenters. The minimum Gasteiger partial charge on any atom is -0.483 e. The Kier molecular flexibility index (Phi) is 9.54. The van der Waals surface area contributed by atoms with E-state index in [0.29, 0.717) is 11.8 Å². The van der Waals surface area contributed by atoms with Crippen molar-refractivity contribution in [1.82, 2.24) is 15.0 Å². The predicted molar refractivity (Wildman–Crippen MR) is 133 cm³/mol. The van der Waals surface area contributed by atoms with Crippen LogP contribution in [0.4, 0.5) is 28.8 Å². The van der Waals surface area contributed by atoms with E-state index < -0.39 is 0 Å². The first kappa shape index (κ1) is 24.2. The summed E-state index contributed by atoms with van der Waals surface area (Å²) in [5.74, 6) is 1.19. The summed E-state index contributed by atoms with van der Waals surface area (Å²) in [4.78, 5) is 21.7. The number of fused-ring (bicyclic) bond motifs is 1. The summed E-state index contributed by atoms with van der Waals surface area (Å²) in [6.07, 6.45) is 1.70. The molecule has 0 amide bonds. The molecule has 0 aliphatic heterocycles. The van der Waals surface area contributed by atoms with Crippen molar-refractivity contribution in [2.45, 2.75) is 20.8 Å². The number of thiazole rings is 1. The molecule has 0 aliphatic carbocycles. The average molecular weight is 452 g/mol. The van der Waals surface area contributed by atoms with Gasteiger partial charge < -0.3 is 15.7 Å². The van der Waals surface area contributed by atoms with Crippen molar-refractivity contribution in [1.29, 1.82) is 0 Å². The number of nitrogens with one attached hydrogen (secondary N) is 3. The normalized spacial score (nSPS) is 9.47. The van der Waals surface area contributed by atoms with E-state index in [0.717, 1.165) is 32.3 Å². The quantitative estimate of drug-likeness (QED) is 0.169. The minimum atomic E-state index is -0.250. The van der Waals surface area contributed by atoms with Crippen LogP contribution in [0.1, 0.15) is 18.9 Å². The number of nitrogens with zero attached hydrogens (tertiary/aromatic N) is 4. The molecule has 2 aromatic carbocycles. The zero-order chi connectivity index (χ0) is 23.3. The number of hydrazone groups is 1. The Morgan fingerprint density at radius 2 is 1.75 bits per heavy atom. The maximum Gasteiger partial charge on any atom is 0.290 e. The van der Waals surface area contributed by atoms with Gasteiger partial charge in [-0.1, -0.05) is 19.9 Å². The highest BCUT2D eigenvalue weighted by molar-refractivity contribution is 7.18. The smallest absolute Gasteiger partial charge is 0.290 e. The molecule has 0 saturated carbocycles. The summed E-state index contributed by atoms with van der Waals surface area (Å²) in [5, 5.41) is 18.1. The van der Waals surface area contributed by atoms with Crippen LogP contribution in [0.2, 0.25) is 0 Å². The standard InChI is InChI=1S/C19H17N7S.C2H6.CH2O2/c1-12-22-16-11-14(6-7-17(16)27-12)24-19-21-9-8-18(25-19)23-13-4-3-5-15(10-13)26-20-2;1-2;2-1-3/h3-11,26H,2H2,1H3,(H2,21,23,24,25);1-2H3;1H,(H,2,3). The molecule has 0 radical (unpaired) electrons. The highest BCUT2D eigenvalue weighted by Gasteiger charge is 2.05. The zero-order valence-corrected chi connectivity index (χ0v) is 18.8. The fourth-order valence-corrected chi connectivity index (χ4v) is 3.45. The van der Waals surface area contributed by atoms with Crippen molar-refractivity contribution in [2.75, 3.05) is 16.1 Å². The Balaban J connectivity index is 0.000000671. The average Bonchev–Trinajstić information content (AvgIpc) is 3.16. The molecular formula is C22H25N7O2S. The van der Waals surface area contributed by atoms with Gasteiger partial charge in [0.1, 0.15) is 5.82 Å². The lowest BCUT2D eigenvalue weighted by Crippen LogP contribution is -2.00. The van der Waals surface area contributed by atoms with E-state index >= 15 is 0 Å². The Labute approximate surface area is 190 Å². The molecule has 32 heavy (non-hydrogen) atoms. The van der Waals surface area contributed by atoms with E-state index in [1.807, 2.05) is 63.2 Å². The molecule has 0 fully saturated rings. The topological polar surface area (TPSA) is 124 Å². The van der Waals surface area contributed by atoms with Crippen LogP contribution in [0.25, 0.3) is 10.2 Å². The van der Waals surface area contributed by atoms with Crippen LogP contribution < -0.4 is 16.1 Å². The molecule has 166 valence electrons. The molecule has 2 heterocycles. The summed E-state index contributed by atoms with van der Waals surface area (Å²) in [5.41, 5.74) is 6.41. The number of carbonyl (C=O) groups is 1. The Morgan fingerprint density at radius 1 is 1.03 bits per heavy atom. The summed E-state index contributed by atoms with van der Waals surface area (Å²) in [6.45, 7) is 9.18. The van der Waals surface area contributed by atoms with E-state index in [1.165, 1.54) is 0 Å². The molecule has 10 heteroatoms. The lowest BCUT2D eigenvalue weighted by Gasteiger charge is -2.09. The molecule has 4 aromatic rings. The van der Waals surface area contributed by atoms with E-state index in [4.69, 9.17) is 9.90 Å². The number of hydrogen-bond donors (Lipinski definition) is 4. The fraction of sp³-hybridized carbons (Fsp3) is 0.136. The van der Waals surface area contributed by atoms with Gasteiger partial charge in [0, 0.05) is 24.3 Å².